The molecule has 11 nitrogen and oxygen atoms in total. The number of aliphatic carboxylic acids is 1. The summed E-state index contributed by atoms with van der Waals surface area (Å²) in [4.78, 5) is 49.0. The van der Waals surface area contributed by atoms with Gasteiger partial charge >= 0.3 is 23.9 Å². The Bertz CT molecular complexity index is 2190. The van der Waals surface area contributed by atoms with Crippen molar-refractivity contribution >= 4 is 23.9 Å². The molecule has 318 valence electrons. The second-order valence-electron chi connectivity index (χ2n) is 15.2. The molecule has 0 heterocycles. The first kappa shape index (κ1) is 44.1. The van der Waals surface area contributed by atoms with Crippen molar-refractivity contribution in [1.82, 2.24) is 0 Å². The lowest BCUT2D eigenvalue weighted by Crippen LogP contribution is -2.43. The van der Waals surface area contributed by atoms with Gasteiger partial charge in [0.25, 0.3) is 0 Å². The topological polar surface area (TPSA) is 155 Å². The van der Waals surface area contributed by atoms with Gasteiger partial charge in [-0.25, -0.2) is 9.59 Å². The molecule has 0 aromatic heterocycles. The van der Waals surface area contributed by atoms with Crippen LogP contribution in [0.15, 0.2) is 135 Å². The van der Waals surface area contributed by atoms with Crippen LogP contribution < -0.4 is 9.47 Å². The summed E-state index contributed by atoms with van der Waals surface area (Å²) in [5.74, 6) is -4.29. The van der Waals surface area contributed by atoms with Gasteiger partial charge in [-0.05, 0) is 83.3 Å². The molecule has 4 unspecified atom stereocenters. The third kappa shape index (κ3) is 9.47. The highest BCUT2D eigenvalue weighted by atomic mass is 16.6. The zero-order valence-corrected chi connectivity index (χ0v) is 34.5. The summed E-state index contributed by atoms with van der Waals surface area (Å²) in [7, 11) is 0. The molecule has 4 aromatic carbocycles. The van der Waals surface area contributed by atoms with Crippen molar-refractivity contribution < 1.29 is 53.1 Å². The maximum atomic E-state index is 13.3. The van der Waals surface area contributed by atoms with Crippen LogP contribution >= 0.6 is 0 Å². The Morgan fingerprint density at radius 1 is 0.689 bits per heavy atom. The van der Waals surface area contributed by atoms with Crippen molar-refractivity contribution in [3.63, 3.8) is 0 Å². The smallest absolute Gasteiger partial charge is 0.330 e. The van der Waals surface area contributed by atoms with E-state index in [1.807, 2.05) is 86.6 Å². The minimum absolute atomic E-state index is 0.0163. The maximum Gasteiger partial charge on any atom is 0.330 e. The fourth-order valence-corrected chi connectivity index (χ4v) is 8.39. The van der Waals surface area contributed by atoms with E-state index < -0.39 is 58.8 Å². The van der Waals surface area contributed by atoms with E-state index in [1.54, 1.807) is 12.2 Å². The quantitative estimate of drug-likeness (QED) is 0.0339. The molecule has 61 heavy (non-hydrogen) atoms. The SMILES string of the molecule is C=CC(=O)OCC(COc1ccc(C2(c3ccc(OCC(COC(=O)C=C)C(O)(CC)CC)cc3)c3ccccc3-c3ccccc32)cc1)OC(=O)C1CC=CCC1C(=O)O. The van der Waals surface area contributed by atoms with Crippen LogP contribution in [-0.2, 0) is 38.8 Å². The minimum atomic E-state index is -1.10. The fraction of sp³-hybridized carbons (Fsp3) is 0.320. The van der Waals surface area contributed by atoms with Crippen molar-refractivity contribution in [2.45, 2.75) is 56.7 Å². The Morgan fingerprint density at radius 3 is 1.66 bits per heavy atom. The van der Waals surface area contributed by atoms with Gasteiger partial charge in [0.15, 0.2) is 6.10 Å². The maximum absolute atomic E-state index is 13.3. The monoisotopic (exact) mass is 828 g/mol. The Hall–Kier alpha value is -6.46. The summed E-state index contributed by atoms with van der Waals surface area (Å²) in [6.07, 6.45) is 5.93. The highest BCUT2D eigenvalue weighted by Gasteiger charge is 2.46. The van der Waals surface area contributed by atoms with Crippen molar-refractivity contribution in [2.75, 3.05) is 26.4 Å². The van der Waals surface area contributed by atoms with E-state index >= 15 is 0 Å². The summed E-state index contributed by atoms with van der Waals surface area (Å²) < 4.78 is 28.7. The van der Waals surface area contributed by atoms with Gasteiger partial charge in [-0.3, -0.25) is 9.59 Å². The molecule has 0 saturated carbocycles. The molecule has 0 bridgehead atoms. The van der Waals surface area contributed by atoms with Gasteiger partial charge in [0.2, 0.25) is 0 Å². The number of benzene rings is 4. The normalized spacial score (nSPS) is 17.1. The molecule has 0 spiro atoms. The average molecular weight is 829 g/mol. The minimum Gasteiger partial charge on any atom is -0.493 e. The highest BCUT2D eigenvalue weighted by molar-refractivity contribution is 5.86. The van der Waals surface area contributed by atoms with Gasteiger partial charge in [0.05, 0.1) is 35.4 Å². The molecule has 4 atom stereocenters. The summed E-state index contributed by atoms with van der Waals surface area (Å²) in [6.45, 7) is 10.3. The molecule has 2 aliphatic carbocycles. The van der Waals surface area contributed by atoms with E-state index in [2.05, 4.69) is 37.4 Å². The third-order valence-corrected chi connectivity index (χ3v) is 11.9. The first-order valence-corrected chi connectivity index (χ1v) is 20.5. The van der Waals surface area contributed by atoms with Crippen LogP contribution in [0.4, 0.5) is 0 Å². The predicted molar refractivity (Wildman–Crippen MR) is 229 cm³/mol. The number of aliphatic hydroxyl groups is 1. The van der Waals surface area contributed by atoms with Gasteiger partial charge in [-0.15, -0.1) is 0 Å². The van der Waals surface area contributed by atoms with E-state index in [1.165, 1.54) is 0 Å². The van der Waals surface area contributed by atoms with E-state index in [4.69, 9.17) is 23.7 Å². The number of hydrogen-bond acceptors (Lipinski definition) is 10. The Balaban J connectivity index is 1.28. The van der Waals surface area contributed by atoms with Crippen LogP contribution in [0.5, 0.6) is 11.5 Å². The second-order valence-corrected chi connectivity index (χ2v) is 15.2. The van der Waals surface area contributed by atoms with Crippen molar-refractivity contribution in [3.05, 3.63) is 157 Å². The van der Waals surface area contributed by atoms with Gasteiger partial charge in [0, 0.05) is 12.2 Å². The van der Waals surface area contributed by atoms with Crippen LogP contribution in [0.25, 0.3) is 11.1 Å². The van der Waals surface area contributed by atoms with Crippen LogP contribution in [0.3, 0.4) is 0 Å². The zero-order chi connectivity index (χ0) is 43.6. The molecule has 11 heteroatoms. The Morgan fingerprint density at radius 2 is 1.16 bits per heavy atom. The first-order valence-electron chi connectivity index (χ1n) is 20.5. The Kier molecular flexibility index (Phi) is 14.3. The van der Waals surface area contributed by atoms with E-state index in [9.17, 15) is 29.4 Å². The predicted octanol–water partition coefficient (Wildman–Crippen LogP) is 8.01. The number of carbonyl (C=O) groups excluding carboxylic acids is 3. The molecular weight excluding hydrogens is 777 g/mol. The number of hydrogen-bond donors (Lipinski definition) is 2. The summed E-state index contributed by atoms with van der Waals surface area (Å²) in [6, 6.07) is 32.2. The second kappa shape index (κ2) is 19.7. The summed E-state index contributed by atoms with van der Waals surface area (Å²) in [5.41, 5.74) is 4.48. The number of carbonyl (C=O) groups is 4. The average Bonchev–Trinajstić information content (AvgIpc) is 3.60. The highest BCUT2D eigenvalue weighted by Crippen LogP contribution is 2.56. The largest absolute Gasteiger partial charge is 0.493 e. The van der Waals surface area contributed by atoms with Crippen LogP contribution in [0, 0.1) is 17.8 Å². The number of carboxylic acids is 1. The molecule has 2 N–H and O–H groups in total. The number of rotatable bonds is 20. The number of allylic oxidation sites excluding steroid dienone is 2. The molecule has 0 fully saturated rings. The molecule has 0 radical (unpaired) electrons. The van der Waals surface area contributed by atoms with E-state index in [-0.39, 0.29) is 39.3 Å². The van der Waals surface area contributed by atoms with E-state index in [0.29, 0.717) is 24.3 Å². The number of esters is 3. The number of fused-ring (bicyclic) bond motifs is 3. The molecule has 0 aliphatic heterocycles. The molecular formula is C50H52O11. The van der Waals surface area contributed by atoms with Gasteiger partial charge < -0.3 is 33.9 Å². The number of carboxylic acid groups (broad SMARTS) is 1. The summed E-state index contributed by atoms with van der Waals surface area (Å²) in [5, 5.41) is 21.1. The molecule has 6 rings (SSSR count). The molecule has 0 amide bonds. The van der Waals surface area contributed by atoms with Crippen molar-refractivity contribution in [1.29, 1.82) is 0 Å². The molecule has 4 aromatic rings. The van der Waals surface area contributed by atoms with E-state index in [0.717, 1.165) is 45.5 Å². The standard InChI is InChI=1S/C50H52O11/c1-5-45(51)59-30-35(49(56,7-3)8-4)29-57-36-25-21-33(22-26-36)50(43-19-13-11-15-39(43)40-16-12-14-20-44(40)50)34-23-27-37(28-24-34)58-31-38(32-60-46(52)6-2)61-48(55)42-18-10-9-17-41(42)47(53)54/h5-6,9-16,19-28,35,38,41-42,56H,1-2,7-8,17-18,29-32H2,3-4H3,(H,53,54). The number of ether oxygens (including phenoxy) is 5. The molecule has 2 aliphatic rings. The van der Waals surface area contributed by atoms with Crippen molar-refractivity contribution in [2.24, 2.45) is 17.8 Å². The van der Waals surface area contributed by atoms with Gasteiger partial charge in [0.1, 0.15) is 31.3 Å². The van der Waals surface area contributed by atoms with Crippen LogP contribution in [0.1, 0.15) is 61.8 Å². The summed E-state index contributed by atoms with van der Waals surface area (Å²) >= 11 is 0. The molecule has 0 saturated heterocycles. The van der Waals surface area contributed by atoms with Gasteiger partial charge in [-0.2, -0.15) is 0 Å². The van der Waals surface area contributed by atoms with Crippen LogP contribution in [-0.4, -0.2) is 72.2 Å². The van der Waals surface area contributed by atoms with Crippen molar-refractivity contribution in [3.8, 4) is 22.6 Å². The van der Waals surface area contributed by atoms with Crippen LogP contribution in [0.2, 0.25) is 0 Å². The fourth-order valence-electron chi connectivity index (χ4n) is 8.39. The van der Waals surface area contributed by atoms with Gasteiger partial charge in [-0.1, -0.05) is 112 Å². The zero-order valence-electron chi connectivity index (χ0n) is 34.5. The lowest BCUT2D eigenvalue weighted by molar-refractivity contribution is -0.167. The third-order valence-electron chi connectivity index (χ3n) is 11.9. The lowest BCUT2D eigenvalue weighted by atomic mass is 9.68. The Labute approximate surface area is 356 Å². The lowest BCUT2D eigenvalue weighted by Gasteiger charge is -2.35. The first-order chi connectivity index (χ1) is 29.5.